The number of nitrogens with two attached hydrogens (primary N) is 1. The lowest BCUT2D eigenvalue weighted by Gasteiger charge is -2.28. The summed E-state index contributed by atoms with van der Waals surface area (Å²) in [5, 5.41) is 0. The molecule has 1 aliphatic heterocycles. The van der Waals surface area contributed by atoms with E-state index in [0.717, 1.165) is 13.1 Å². The molecule has 2 fully saturated rings. The van der Waals surface area contributed by atoms with Crippen molar-refractivity contribution in [3.05, 3.63) is 0 Å². The molecule has 1 saturated carbocycles. The molecule has 1 saturated heterocycles. The molecule has 1 heterocycles. The zero-order valence-corrected chi connectivity index (χ0v) is 11.6. The summed E-state index contributed by atoms with van der Waals surface area (Å²) in [5.41, 5.74) is 6.02. The lowest BCUT2D eigenvalue weighted by Crippen LogP contribution is -2.38. The fourth-order valence-corrected chi connectivity index (χ4v) is 2.90. The van der Waals surface area contributed by atoms with Gasteiger partial charge in [0.25, 0.3) is 0 Å². The number of likely N-dealkylation sites (tertiary alicyclic amines) is 1. The predicted octanol–water partition coefficient (Wildman–Crippen LogP) is 3.00. The minimum absolute atomic E-state index is 0.0107. The van der Waals surface area contributed by atoms with Gasteiger partial charge in [-0.15, -0.1) is 0 Å². The van der Waals surface area contributed by atoms with Gasteiger partial charge in [0.15, 0.2) is 5.96 Å². The third-order valence-corrected chi connectivity index (χ3v) is 4.28. The Kier molecular flexibility index (Phi) is 4.99. The Balaban J connectivity index is 1.78. The lowest BCUT2D eigenvalue weighted by atomic mass is 9.87. The van der Waals surface area contributed by atoms with E-state index >= 15 is 0 Å². The van der Waals surface area contributed by atoms with Gasteiger partial charge >= 0.3 is 0 Å². The SMILES string of the molecule is NC(=NCC1CCC(F)(F)CC1)N1CCCCCC1. The molecule has 0 radical (unpaired) electrons. The molecule has 5 heteroatoms. The van der Waals surface area contributed by atoms with E-state index in [0.29, 0.717) is 25.3 Å². The molecule has 2 N–H and O–H groups in total. The second kappa shape index (κ2) is 6.53. The molecule has 0 aromatic carbocycles. The minimum atomic E-state index is -2.45. The summed E-state index contributed by atoms with van der Waals surface area (Å²) in [6.45, 7) is 2.58. The summed E-state index contributed by atoms with van der Waals surface area (Å²) in [6.07, 6.45) is 6.04. The van der Waals surface area contributed by atoms with Crippen LogP contribution in [0.25, 0.3) is 0 Å². The van der Waals surface area contributed by atoms with Crippen molar-refractivity contribution in [1.29, 1.82) is 0 Å². The number of guanidine groups is 1. The first-order chi connectivity index (χ1) is 9.07. The van der Waals surface area contributed by atoms with Crippen LogP contribution in [-0.4, -0.2) is 36.4 Å². The number of halogens is 2. The first-order valence-corrected chi connectivity index (χ1v) is 7.49. The highest BCUT2D eigenvalue weighted by Crippen LogP contribution is 2.36. The van der Waals surface area contributed by atoms with Gasteiger partial charge in [-0.2, -0.15) is 0 Å². The molecule has 0 atom stereocenters. The molecule has 110 valence electrons. The van der Waals surface area contributed by atoms with E-state index in [9.17, 15) is 8.78 Å². The summed E-state index contributed by atoms with van der Waals surface area (Å²) in [4.78, 5) is 6.58. The average Bonchev–Trinajstić information content (AvgIpc) is 2.66. The van der Waals surface area contributed by atoms with Crippen LogP contribution in [0.3, 0.4) is 0 Å². The van der Waals surface area contributed by atoms with E-state index in [1.54, 1.807) is 0 Å². The summed E-state index contributed by atoms with van der Waals surface area (Å²) < 4.78 is 26.1. The van der Waals surface area contributed by atoms with E-state index in [4.69, 9.17) is 5.73 Å². The fourth-order valence-electron chi connectivity index (χ4n) is 2.90. The van der Waals surface area contributed by atoms with E-state index in [-0.39, 0.29) is 18.8 Å². The van der Waals surface area contributed by atoms with Crippen molar-refractivity contribution in [2.45, 2.75) is 57.3 Å². The van der Waals surface area contributed by atoms with E-state index in [1.165, 1.54) is 25.7 Å². The lowest BCUT2D eigenvalue weighted by molar-refractivity contribution is -0.0446. The molecule has 1 aliphatic carbocycles. The Labute approximate surface area is 114 Å². The van der Waals surface area contributed by atoms with Crippen LogP contribution < -0.4 is 5.73 Å². The Hall–Kier alpha value is -0.870. The van der Waals surface area contributed by atoms with Gasteiger partial charge < -0.3 is 10.6 Å². The predicted molar refractivity (Wildman–Crippen MR) is 73.4 cm³/mol. The Morgan fingerprint density at radius 3 is 2.26 bits per heavy atom. The number of nitrogens with zero attached hydrogens (tertiary/aromatic N) is 2. The highest BCUT2D eigenvalue weighted by molar-refractivity contribution is 5.78. The summed E-state index contributed by atoms with van der Waals surface area (Å²) in [6, 6.07) is 0. The number of hydrogen-bond acceptors (Lipinski definition) is 1. The Bertz CT molecular complexity index is 300. The highest BCUT2D eigenvalue weighted by atomic mass is 19.3. The number of aliphatic imine (C=N–C) groups is 1. The molecule has 0 bridgehead atoms. The number of hydrogen-bond donors (Lipinski definition) is 1. The molecule has 0 spiro atoms. The maximum Gasteiger partial charge on any atom is 0.248 e. The van der Waals surface area contributed by atoms with Crippen LogP contribution in [-0.2, 0) is 0 Å². The van der Waals surface area contributed by atoms with Crippen LogP contribution >= 0.6 is 0 Å². The maximum absolute atomic E-state index is 13.0. The maximum atomic E-state index is 13.0. The Morgan fingerprint density at radius 2 is 1.68 bits per heavy atom. The third kappa shape index (κ3) is 4.62. The van der Waals surface area contributed by atoms with Crippen LogP contribution in [0.15, 0.2) is 4.99 Å². The fraction of sp³-hybridized carbons (Fsp3) is 0.929. The zero-order valence-electron chi connectivity index (χ0n) is 11.6. The van der Waals surface area contributed by atoms with Gasteiger partial charge in [-0.1, -0.05) is 12.8 Å². The first kappa shape index (κ1) is 14.5. The van der Waals surface area contributed by atoms with Crippen LogP contribution in [0.2, 0.25) is 0 Å². The van der Waals surface area contributed by atoms with Crippen LogP contribution in [0.4, 0.5) is 8.78 Å². The average molecular weight is 273 g/mol. The molecular formula is C14H25F2N3. The van der Waals surface area contributed by atoms with Crippen LogP contribution in [0.1, 0.15) is 51.4 Å². The van der Waals surface area contributed by atoms with Crippen molar-refractivity contribution in [3.63, 3.8) is 0 Å². The van der Waals surface area contributed by atoms with Gasteiger partial charge in [-0.05, 0) is 31.6 Å². The molecule has 2 rings (SSSR count). The molecule has 0 amide bonds. The van der Waals surface area contributed by atoms with Crippen molar-refractivity contribution in [3.8, 4) is 0 Å². The van der Waals surface area contributed by atoms with Crippen molar-refractivity contribution < 1.29 is 8.78 Å². The second-order valence-corrected chi connectivity index (χ2v) is 5.90. The summed E-state index contributed by atoms with van der Waals surface area (Å²) in [7, 11) is 0. The van der Waals surface area contributed by atoms with Crippen molar-refractivity contribution in [1.82, 2.24) is 4.90 Å². The molecule has 2 aliphatic rings. The Morgan fingerprint density at radius 1 is 1.11 bits per heavy atom. The van der Waals surface area contributed by atoms with Gasteiger partial charge in [0, 0.05) is 32.5 Å². The number of alkyl halides is 2. The van der Waals surface area contributed by atoms with Crippen molar-refractivity contribution in [2.75, 3.05) is 19.6 Å². The monoisotopic (exact) mass is 273 g/mol. The van der Waals surface area contributed by atoms with Gasteiger partial charge in [0.2, 0.25) is 5.92 Å². The van der Waals surface area contributed by atoms with Gasteiger partial charge in [0.1, 0.15) is 0 Å². The third-order valence-electron chi connectivity index (χ3n) is 4.28. The van der Waals surface area contributed by atoms with Gasteiger partial charge in [0.05, 0.1) is 0 Å². The smallest absolute Gasteiger partial charge is 0.248 e. The minimum Gasteiger partial charge on any atom is -0.370 e. The van der Waals surface area contributed by atoms with Crippen molar-refractivity contribution >= 4 is 5.96 Å². The van der Waals surface area contributed by atoms with Gasteiger partial charge in [-0.3, -0.25) is 4.99 Å². The molecule has 0 aromatic rings. The number of rotatable bonds is 2. The molecule has 0 unspecified atom stereocenters. The van der Waals surface area contributed by atoms with E-state index in [2.05, 4.69) is 9.89 Å². The molecular weight excluding hydrogens is 248 g/mol. The van der Waals surface area contributed by atoms with E-state index in [1.807, 2.05) is 0 Å². The van der Waals surface area contributed by atoms with E-state index < -0.39 is 5.92 Å². The normalized spacial score (nSPS) is 26.2. The molecule has 0 aromatic heterocycles. The van der Waals surface area contributed by atoms with Crippen LogP contribution in [0, 0.1) is 5.92 Å². The standard InChI is InChI=1S/C14H25F2N3/c15-14(16)7-5-12(6-8-14)11-18-13(17)19-9-3-1-2-4-10-19/h12H,1-11H2,(H2,17,18). The highest BCUT2D eigenvalue weighted by Gasteiger charge is 2.34. The van der Waals surface area contributed by atoms with Crippen LogP contribution in [0.5, 0.6) is 0 Å². The largest absolute Gasteiger partial charge is 0.370 e. The van der Waals surface area contributed by atoms with Crippen molar-refractivity contribution in [2.24, 2.45) is 16.6 Å². The first-order valence-electron chi connectivity index (χ1n) is 7.49. The summed E-state index contributed by atoms with van der Waals surface area (Å²) in [5.74, 6) is -1.55. The zero-order chi connectivity index (χ0) is 13.7. The molecule has 19 heavy (non-hydrogen) atoms. The quantitative estimate of drug-likeness (QED) is 0.620. The van der Waals surface area contributed by atoms with Gasteiger partial charge in [-0.25, -0.2) is 8.78 Å². The summed E-state index contributed by atoms with van der Waals surface area (Å²) >= 11 is 0. The molecule has 3 nitrogen and oxygen atoms in total. The second-order valence-electron chi connectivity index (χ2n) is 5.90. The topological polar surface area (TPSA) is 41.6 Å².